The molecule has 2 bridgehead atoms. The van der Waals surface area contributed by atoms with E-state index in [9.17, 15) is 14.4 Å². The first-order valence-electron chi connectivity index (χ1n) is 16.7. The maximum atomic E-state index is 14.3. The molecule has 1 aromatic carbocycles. The lowest BCUT2D eigenvalue weighted by Crippen LogP contribution is -2.58. The number of benzene rings is 1. The first kappa shape index (κ1) is 30.3. The summed E-state index contributed by atoms with van der Waals surface area (Å²) in [5.74, 6) is -0.241. The standard InChI is InChI=1S/C35H50N4O4/c1-21-13-18-38(19-14-21)16-7-17-39-31(33(41)37-27-9-6-8-23(3)25(27)5)35-15-12-28(43-35)29(30(35)34(39)42)32(40)36-26-11-10-22(2)24(4)20-26/h10-12,15,20-21,23,25,27-31H,6-9,13-14,16-19H2,1-5H3,(H,36,40)(H,37,41)/t23-,25-,27+,28-,29+,30-,31-,35-/m0/s1. The molecular weight excluding hydrogens is 540 g/mol. The zero-order valence-electron chi connectivity index (χ0n) is 26.6. The van der Waals surface area contributed by atoms with Gasteiger partial charge in [-0.3, -0.25) is 14.4 Å². The van der Waals surface area contributed by atoms with Gasteiger partial charge in [-0.15, -0.1) is 0 Å². The van der Waals surface area contributed by atoms with Crippen molar-refractivity contribution in [3.8, 4) is 0 Å². The van der Waals surface area contributed by atoms with E-state index in [4.69, 9.17) is 4.74 Å². The van der Waals surface area contributed by atoms with Crippen molar-refractivity contribution in [1.29, 1.82) is 0 Å². The highest BCUT2D eigenvalue weighted by atomic mass is 16.5. The van der Waals surface area contributed by atoms with Gasteiger partial charge >= 0.3 is 0 Å². The van der Waals surface area contributed by atoms with Crippen molar-refractivity contribution in [1.82, 2.24) is 15.1 Å². The molecule has 4 aliphatic heterocycles. The van der Waals surface area contributed by atoms with E-state index in [1.54, 1.807) is 4.90 Å². The summed E-state index contributed by atoms with van der Waals surface area (Å²) in [5, 5.41) is 6.42. The molecule has 4 fully saturated rings. The van der Waals surface area contributed by atoms with E-state index in [-0.39, 0.29) is 23.8 Å². The third-order valence-corrected chi connectivity index (χ3v) is 11.5. The molecule has 2 N–H and O–H groups in total. The van der Waals surface area contributed by atoms with Crippen LogP contribution in [-0.2, 0) is 19.1 Å². The van der Waals surface area contributed by atoms with E-state index >= 15 is 0 Å². The highest BCUT2D eigenvalue weighted by molar-refractivity contribution is 6.02. The lowest BCUT2D eigenvalue weighted by atomic mass is 9.73. The second kappa shape index (κ2) is 12.0. The third kappa shape index (κ3) is 5.54. The number of likely N-dealkylation sites (tertiary alicyclic amines) is 2. The Labute approximate surface area is 257 Å². The second-order valence-electron chi connectivity index (χ2n) is 14.3. The molecule has 1 aromatic rings. The van der Waals surface area contributed by atoms with E-state index in [1.807, 2.05) is 44.2 Å². The van der Waals surface area contributed by atoms with Crippen LogP contribution in [-0.4, -0.2) is 77.5 Å². The van der Waals surface area contributed by atoms with Crippen LogP contribution in [0, 0.1) is 43.4 Å². The molecule has 5 aliphatic rings. The SMILES string of the molecule is Cc1ccc(NC(=O)[C@@H]2[C@@H]3C=C[C@]4(O3)[C@@H]2C(=O)N(CCCN2CCC(C)CC2)[C@H]4C(=O)N[C@@H]2CCC[C@H](C)[C@@H]2C)cc1C. The number of fused-ring (bicyclic) bond motifs is 1. The summed E-state index contributed by atoms with van der Waals surface area (Å²) in [6.07, 6.45) is 9.70. The number of carbonyl (C=O) groups excluding carboxylic acids is 3. The van der Waals surface area contributed by atoms with Gasteiger partial charge in [-0.05, 0) is 100 Å². The first-order chi connectivity index (χ1) is 20.6. The molecule has 0 aromatic heterocycles. The number of nitrogens with zero attached hydrogens (tertiary/aromatic N) is 2. The van der Waals surface area contributed by atoms with Gasteiger partial charge in [-0.2, -0.15) is 0 Å². The normalized spacial score (nSPS) is 35.8. The number of rotatable bonds is 8. The molecule has 1 saturated carbocycles. The Bertz CT molecular complexity index is 1270. The Kier molecular flexibility index (Phi) is 8.46. The number of ether oxygens (including phenoxy) is 1. The topological polar surface area (TPSA) is 91.0 Å². The lowest BCUT2D eigenvalue weighted by Gasteiger charge is -2.38. The molecule has 0 radical (unpaired) electrons. The molecular formula is C35H50N4O4. The van der Waals surface area contributed by atoms with Gasteiger partial charge in [0.05, 0.1) is 17.9 Å². The molecule has 1 aliphatic carbocycles. The van der Waals surface area contributed by atoms with Crippen molar-refractivity contribution in [3.05, 3.63) is 41.5 Å². The molecule has 8 atom stereocenters. The highest BCUT2D eigenvalue weighted by Crippen LogP contribution is 2.55. The van der Waals surface area contributed by atoms with Gasteiger partial charge in [0.15, 0.2) is 0 Å². The van der Waals surface area contributed by atoms with E-state index in [2.05, 4.69) is 36.3 Å². The number of hydrogen-bond acceptors (Lipinski definition) is 5. The van der Waals surface area contributed by atoms with Gasteiger partial charge in [0.1, 0.15) is 11.6 Å². The zero-order valence-corrected chi connectivity index (χ0v) is 26.6. The number of aryl methyl sites for hydroxylation is 2. The zero-order chi connectivity index (χ0) is 30.5. The average Bonchev–Trinajstić information content (AvgIpc) is 3.62. The van der Waals surface area contributed by atoms with E-state index in [1.165, 1.54) is 19.3 Å². The van der Waals surface area contributed by atoms with Gasteiger partial charge < -0.3 is 25.2 Å². The van der Waals surface area contributed by atoms with Crippen molar-refractivity contribution < 1.29 is 19.1 Å². The predicted molar refractivity (Wildman–Crippen MR) is 167 cm³/mol. The molecule has 3 amide bonds. The van der Waals surface area contributed by atoms with Crippen LogP contribution in [0.15, 0.2) is 30.4 Å². The Morgan fingerprint density at radius 2 is 1.77 bits per heavy atom. The van der Waals surface area contributed by atoms with E-state index in [0.29, 0.717) is 24.1 Å². The van der Waals surface area contributed by atoms with Crippen LogP contribution in [0.1, 0.15) is 70.4 Å². The Morgan fingerprint density at radius 3 is 2.51 bits per heavy atom. The van der Waals surface area contributed by atoms with Crippen molar-refractivity contribution in [3.63, 3.8) is 0 Å². The van der Waals surface area contributed by atoms with Gasteiger partial charge in [0.25, 0.3) is 0 Å². The fourth-order valence-corrected chi connectivity index (χ4v) is 8.35. The monoisotopic (exact) mass is 590 g/mol. The Morgan fingerprint density at radius 1 is 1.00 bits per heavy atom. The van der Waals surface area contributed by atoms with Gasteiger partial charge in [0.2, 0.25) is 17.7 Å². The summed E-state index contributed by atoms with van der Waals surface area (Å²) >= 11 is 0. The minimum absolute atomic E-state index is 0.0745. The quantitative estimate of drug-likeness (QED) is 0.437. The number of hydrogen-bond donors (Lipinski definition) is 2. The largest absolute Gasteiger partial charge is 0.359 e. The summed E-state index contributed by atoms with van der Waals surface area (Å²) < 4.78 is 6.57. The summed E-state index contributed by atoms with van der Waals surface area (Å²) in [6.45, 7) is 14.4. The average molecular weight is 591 g/mol. The van der Waals surface area contributed by atoms with E-state index < -0.39 is 29.6 Å². The molecule has 4 heterocycles. The Hall–Kier alpha value is -2.71. The summed E-state index contributed by atoms with van der Waals surface area (Å²) in [5.41, 5.74) is 1.83. The minimum atomic E-state index is -1.12. The molecule has 3 saturated heterocycles. The maximum Gasteiger partial charge on any atom is 0.246 e. The van der Waals surface area contributed by atoms with Crippen molar-refractivity contribution in [2.24, 2.45) is 29.6 Å². The summed E-state index contributed by atoms with van der Waals surface area (Å²) in [7, 11) is 0. The number of carbonyl (C=O) groups is 3. The fraction of sp³-hybridized carbons (Fsp3) is 0.686. The summed E-state index contributed by atoms with van der Waals surface area (Å²) in [6, 6.07) is 5.14. The minimum Gasteiger partial charge on any atom is -0.359 e. The van der Waals surface area contributed by atoms with Gasteiger partial charge in [-0.25, -0.2) is 0 Å². The van der Waals surface area contributed by atoms with Crippen LogP contribution in [0.25, 0.3) is 0 Å². The fourth-order valence-electron chi connectivity index (χ4n) is 8.35. The van der Waals surface area contributed by atoms with Gasteiger partial charge in [0, 0.05) is 18.3 Å². The number of piperidine rings is 1. The van der Waals surface area contributed by atoms with Crippen molar-refractivity contribution in [2.45, 2.75) is 96.9 Å². The molecule has 43 heavy (non-hydrogen) atoms. The predicted octanol–water partition coefficient (Wildman–Crippen LogP) is 4.46. The molecule has 1 spiro atoms. The van der Waals surface area contributed by atoms with Crippen molar-refractivity contribution >= 4 is 23.4 Å². The van der Waals surface area contributed by atoms with Crippen molar-refractivity contribution in [2.75, 3.05) is 31.5 Å². The molecule has 8 nitrogen and oxygen atoms in total. The third-order valence-electron chi connectivity index (χ3n) is 11.5. The van der Waals surface area contributed by atoms with Crippen LogP contribution in [0.3, 0.4) is 0 Å². The van der Waals surface area contributed by atoms with Gasteiger partial charge in [-0.1, -0.05) is 51.8 Å². The van der Waals surface area contributed by atoms with Crippen LogP contribution >= 0.6 is 0 Å². The highest BCUT2D eigenvalue weighted by Gasteiger charge is 2.72. The number of nitrogens with one attached hydrogen (secondary N) is 2. The smallest absolute Gasteiger partial charge is 0.246 e. The maximum absolute atomic E-state index is 14.3. The van der Waals surface area contributed by atoms with Crippen LogP contribution in [0.2, 0.25) is 0 Å². The summed E-state index contributed by atoms with van der Waals surface area (Å²) in [4.78, 5) is 46.6. The number of amides is 3. The van der Waals surface area contributed by atoms with Crippen LogP contribution < -0.4 is 10.6 Å². The second-order valence-corrected chi connectivity index (χ2v) is 14.3. The molecule has 6 rings (SSSR count). The molecule has 234 valence electrons. The van der Waals surface area contributed by atoms with E-state index in [0.717, 1.165) is 55.9 Å². The molecule has 8 heteroatoms. The lowest BCUT2D eigenvalue weighted by molar-refractivity contribution is -0.141. The number of anilines is 1. The first-order valence-corrected chi connectivity index (χ1v) is 16.7. The van der Waals surface area contributed by atoms with Crippen LogP contribution in [0.4, 0.5) is 5.69 Å². The van der Waals surface area contributed by atoms with Crippen LogP contribution in [0.5, 0.6) is 0 Å². The molecule has 0 unspecified atom stereocenters. The Balaban J connectivity index is 1.24.